The van der Waals surface area contributed by atoms with Crippen molar-refractivity contribution in [1.29, 1.82) is 0 Å². The molecule has 1 aromatic rings. The number of rotatable bonds is 2. The third-order valence-corrected chi connectivity index (χ3v) is 2.27. The van der Waals surface area contributed by atoms with Gasteiger partial charge in [-0.3, -0.25) is 0 Å². The molecule has 0 aliphatic heterocycles. The van der Waals surface area contributed by atoms with Gasteiger partial charge in [-0.05, 0) is 4.42 Å². The first kappa shape index (κ1) is 6.77. The maximum absolute atomic E-state index is 10.0. The molecule has 0 heterocycles. The van der Waals surface area contributed by atoms with Gasteiger partial charge in [-0.1, -0.05) is 30.3 Å². The summed E-state index contributed by atoms with van der Waals surface area (Å²) in [4.78, 5) is 10.0. The van der Waals surface area contributed by atoms with Crippen molar-refractivity contribution in [3.8, 4) is 0 Å². The van der Waals surface area contributed by atoms with Crippen LogP contribution in [0.4, 0.5) is 0 Å². The van der Waals surface area contributed by atoms with Gasteiger partial charge in [-0.15, -0.1) is 0 Å². The molecule has 0 aromatic heterocycles. The predicted octanol–water partition coefficient (Wildman–Crippen LogP) is 0.206. The Balaban J connectivity index is 2.72. The molecule has 0 atom stereocenters. The Hall–Kier alpha value is -0.344. The highest BCUT2D eigenvalue weighted by Gasteiger charge is 1.93. The van der Waals surface area contributed by atoms with Crippen molar-refractivity contribution in [1.82, 2.24) is 0 Å². The van der Waals surface area contributed by atoms with Crippen LogP contribution in [0.2, 0.25) is 0 Å². The molecule has 1 nitrogen and oxygen atoms in total. The van der Waals surface area contributed by atoms with Crippen LogP contribution in [0.1, 0.15) is 0 Å². The summed E-state index contributed by atoms with van der Waals surface area (Å²) in [6, 6.07) is 9.89. The van der Waals surface area contributed by atoms with E-state index < -0.39 is 20.4 Å². The Kier molecular flexibility index (Phi) is 2.74. The maximum atomic E-state index is 10.0. The maximum Gasteiger partial charge on any atom is 0.503 e. The van der Waals surface area contributed by atoms with Crippen LogP contribution < -0.4 is 3.69 Å². The van der Waals surface area contributed by atoms with Gasteiger partial charge in [0.15, 0.2) is 0 Å². The number of carbonyl (C=O) groups is 1. The van der Waals surface area contributed by atoms with E-state index in [1.54, 1.807) is 0 Å². The summed E-state index contributed by atoms with van der Waals surface area (Å²) in [6.45, 7) is 0. The molecule has 0 radical (unpaired) electrons. The van der Waals surface area contributed by atoms with Crippen LogP contribution in [0.15, 0.2) is 30.3 Å². The van der Waals surface area contributed by atoms with Gasteiger partial charge in [0, 0.05) is 0 Å². The van der Waals surface area contributed by atoms with Crippen LogP contribution in [0, 0.1) is 0 Å². The molecule has 1 aromatic carbocycles. The van der Waals surface area contributed by atoms with E-state index in [1.165, 1.54) is 3.69 Å². The zero-order valence-electron chi connectivity index (χ0n) is 5.08. The minimum atomic E-state index is -0.582. The molecule has 0 unspecified atom stereocenters. The molecule has 0 amide bonds. The van der Waals surface area contributed by atoms with Crippen LogP contribution in [-0.4, -0.2) is 24.8 Å². The summed E-state index contributed by atoms with van der Waals surface area (Å²) < 4.78 is 2.27. The SMILES string of the molecule is O=[CH][Mg][c]1ccccc1. The number of carbonyl (C=O) groups excluding carboxylic acids is 1. The van der Waals surface area contributed by atoms with Gasteiger partial charge >= 0.3 is 20.4 Å². The third kappa shape index (κ3) is 2.16. The van der Waals surface area contributed by atoms with Gasteiger partial charge in [0.05, 0.1) is 0 Å². The second-order valence-corrected chi connectivity index (χ2v) is 3.41. The van der Waals surface area contributed by atoms with Gasteiger partial charge in [-0.25, -0.2) is 0 Å². The van der Waals surface area contributed by atoms with Gasteiger partial charge in [-0.2, -0.15) is 3.69 Å². The van der Waals surface area contributed by atoms with E-state index in [2.05, 4.69) is 0 Å². The zero-order chi connectivity index (χ0) is 6.53. The van der Waals surface area contributed by atoms with E-state index in [0.717, 1.165) is 4.42 Å². The number of hydrogen-bond acceptors (Lipinski definition) is 1. The minimum absolute atomic E-state index is 0.582. The first-order chi connectivity index (χ1) is 4.43. The van der Waals surface area contributed by atoms with Crippen LogP contribution in [0.25, 0.3) is 0 Å². The fourth-order valence-corrected chi connectivity index (χ4v) is 1.45. The lowest BCUT2D eigenvalue weighted by atomic mass is 10.4. The van der Waals surface area contributed by atoms with Gasteiger partial charge in [0.25, 0.3) is 0 Å². The molecular formula is C7H6MgO. The van der Waals surface area contributed by atoms with E-state index in [-0.39, 0.29) is 0 Å². The smallest absolute Gasteiger partial charge is 0.339 e. The Morgan fingerprint density at radius 3 is 2.44 bits per heavy atom. The summed E-state index contributed by atoms with van der Waals surface area (Å²) in [6.07, 6.45) is 0. The molecule has 0 bridgehead atoms. The predicted molar refractivity (Wildman–Crippen MR) is 38.6 cm³/mol. The Morgan fingerprint density at radius 2 is 1.89 bits per heavy atom. The monoisotopic (exact) mass is 130 g/mol. The van der Waals surface area contributed by atoms with E-state index >= 15 is 0 Å². The van der Waals surface area contributed by atoms with Crippen molar-refractivity contribution in [2.45, 2.75) is 0 Å². The topological polar surface area (TPSA) is 17.1 Å². The molecule has 2 heteroatoms. The van der Waals surface area contributed by atoms with Crippen LogP contribution >= 0.6 is 0 Å². The number of benzene rings is 1. The van der Waals surface area contributed by atoms with Crippen molar-refractivity contribution in [2.24, 2.45) is 0 Å². The molecule has 9 heavy (non-hydrogen) atoms. The lowest BCUT2D eigenvalue weighted by molar-refractivity contribution is 0.568. The van der Waals surface area contributed by atoms with E-state index in [4.69, 9.17) is 0 Å². The van der Waals surface area contributed by atoms with Gasteiger partial charge < -0.3 is 4.79 Å². The van der Waals surface area contributed by atoms with Gasteiger partial charge in [0.2, 0.25) is 0 Å². The average molecular weight is 130 g/mol. The van der Waals surface area contributed by atoms with E-state index in [1.807, 2.05) is 30.3 Å². The molecular weight excluding hydrogens is 124 g/mol. The summed E-state index contributed by atoms with van der Waals surface area (Å²) in [5, 5.41) is 0. The van der Waals surface area contributed by atoms with E-state index in [0.29, 0.717) is 0 Å². The molecule has 42 valence electrons. The third-order valence-electron chi connectivity index (χ3n) is 1.16. The Bertz CT molecular complexity index is 183. The Morgan fingerprint density at radius 1 is 1.22 bits per heavy atom. The summed E-state index contributed by atoms with van der Waals surface area (Å²) in [7, 11) is 0. The summed E-state index contributed by atoms with van der Waals surface area (Å²) >= 11 is -0.582. The van der Waals surface area contributed by atoms with Crippen molar-refractivity contribution in [2.75, 3.05) is 0 Å². The highest BCUT2D eigenvalue weighted by atomic mass is 24.5. The molecule has 0 fully saturated rings. The lowest BCUT2D eigenvalue weighted by Crippen LogP contribution is -2.13. The van der Waals surface area contributed by atoms with E-state index in [9.17, 15) is 4.79 Å². The summed E-state index contributed by atoms with van der Waals surface area (Å²) in [5.74, 6) is 0. The molecule has 0 saturated heterocycles. The normalized spacial score (nSPS) is 8.00. The fourth-order valence-electron chi connectivity index (χ4n) is 0.710. The van der Waals surface area contributed by atoms with Crippen molar-refractivity contribution in [3.63, 3.8) is 0 Å². The first-order valence-corrected chi connectivity index (χ1v) is 4.43. The second-order valence-electron chi connectivity index (χ2n) is 1.86. The van der Waals surface area contributed by atoms with Crippen molar-refractivity contribution in [3.05, 3.63) is 30.3 Å². The van der Waals surface area contributed by atoms with Crippen molar-refractivity contribution >= 4 is 28.5 Å². The summed E-state index contributed by atoms with van der Waals surface area (Å²) in [5.41, 5.74) is 0. The largest absolute Gasteiger partial charge is 0.503 e. The fraction of sp³-hybridized carbons (Fsp3) is 0. The first-order valence-electron chi connectivity index (χ1n) is 2.91. The molecule has 0 saturated carbocycles. The van der Waals surface area contributed by atoms with Gasteiger partial charge in [0.1, 0.15) is 0 Å². The van der Waals surface area contributed by atoms with Crippen LogP contribution in [0.5, 0.6) is 0 Å². The standard InChI is InChI=1S/C6H5.CHO.Mg/c1-2-4-6-5-3-1;1-2;/h1-5H;1H;. The molecule has 0 aliphatic carbocycles. The molecule has 0 spiro atoms. The molecule has 1 rings (SSSR count). The van der Waals surface area contributed by atoms with Crippen LogP contribution in [-0.2, 0) is 4.79 Å². The van der Waals surface area contributed by atoms with Crippen LogP contribution in [0.3, 0.4) is 0 Å². The zero-order valence-corrected chi connectivity index (χ0v) is 6.49. The Labute approximate surface area is 63.8 Å². The highest BCUT2D eigenvalue weighted by Crippen LogP contribution is 1.78. The average Bonchev–Trinajstić information content (AvgIpc) is 1.91. The van der Waals surface area contributed by atoms with Crippen molar-refractivity contribution < 1.29 is 4.79 Å². The quantitative estimate of drug-likeness (QED) is 0.413. The molecule has 0 N–H and O–H groups in total. The second kappa shape index (κ2) is 3.64. The lowest BCUT2D eigenvalue weighted by Gasteiger charge is -1.88. The minimum Gasteiger partial charge on any atom is -0.339 e. The number of hydrogen-bond donors (Lipinski definition) is 0. The highest BCUT2D eigenvalue weighted by molar-refractivity contribution is 6.78. The molecule has 0 aliphatic rings.